The van der Waals surface area contributed by atoms with Crippen molar-refractivity contribution in [1.82, 2.24) is 4.90 Å². The van der Waals surface area contributed by atoms with Gasteiger partial charge >= 0.3 is 0 Å². The molecule has 2 heterocycles. The number of Topliss-reactive ketones (excluding diaryl/α,β-unsaturated/α-hetero) is 1. The van der Waals surface area contributed by atoms with E-state index in [1.165, 1.54) is 11.2 Å². The Balaban J connectivity index is 2.08. The van der Waals surface area contributed by atoms with Crippen LogP contribution in [-0.4, -0.2) is 55.5 Å². The van der Waals surface area contributed by atoms with Crippen LogP contribution in [0.25, 0.3) is 5.76 Å². The highest BCUT2D eigenvalue weighted by atomic mass is 16.5. The molecule has 1 atom stereocenters. The number of furan rings is 1. The molecule has 0 aliphatic carbocycles. The third kappa shape index (κ3) is 3.80. The molecule has 1 aliphatic heterocycles. The summed E-state index contributed by atoms with van der Waals surface area (Å²) in [7, 11) is 3.94. The van der Waals surface area contributed by atoms with Crippen molar-refractivity contribution in [3.63, 3.8) is 0 Å². The Morgan fingerprint density at radius 1 is 1.25 bits per heavy atom. The highest BCUT2D eigenvalue weighted by molar-refractivity contribution is 6.46. The summed E-state index contributed by atoms with van der Waals surface area (Å²) in [5, 5.41) is 10.9. The van der Waals surface area contributed by atoms with E-state index in [1.54, 1.807) is 36.4 Å². The van der Waals surface area contributed by atoms with Crippen LogP contribution >= 0.6 is 0 Å². The maximum Gasteiger partial charge on any atom is 0.295 e. The van der Waals surface area contributed by atoms with Crippen molar-refractivity contribution in [2.75, 3.05) is 33.8 Å². The maximum atomic E-state index is 12.8. The first-order valence-corrected chi connectivity index (χ1v) is 9.28. The lowest BCUT2D eigenvalue weighted by molar-refractivity contribution is -0.857. The summed E-state index contributed by atoms with van der Waals surface area (Å²) in [6, 6.07) is 9.46. The second kappa shape index (κ2) is 8.31. The number of quaternary nitrogens is 1. The smallest absolute Gasteiger partial charge is 0.295 e. The SMILES string of the molecule is CCOc1cccc(C(O)=C2C(=O)C(=O)N(CC[NH+](C)C)[C@H]2c2ccco2)c1. The number of hydrogen-bond acceptors (Lipinski definition) is 5. The van der Waals surface area contributed by atoms with Crippen molar-refractivity contribution >= 4 is 17.4 Å². The van der Waals surface area contributed by atoms with Gasteiger partial charge in [-0.2, -0.15) is 0 Å². The lowest BCUT2D eigenvalue weighted by Gasteiger charge is -2.23. The summed E-state index contributed by atoms with van der Waals surface area (Å²) in [5.74, 6) is -0.567. The summed E-state index contributed by atoms with van der Waals surface area (Å²) in [6.07, 6.45) is 1.49. The number of aliphatic hydroxyl groups excluding tert-OH is 1. The van der Waals surface area contributed by atoms with Gasteiger partial charge in [-0.15, -0.1) is 0 Å². The van der Waals surface area contributed by atoms with Crippen LogP contribution in [-0.2, 0) is 9.59 Å². The molecule has 1 aromatic carbocycles. The van der Waals surface area contributed by atoms with Crippen molar-refractivity contribution in [1.29, 1.82) is 0 Å². The Morgan fingerprint density at radius 3 is 2.68 bits per heavy atom. The number of likely N-dealkylation sites (N-methyl/N-ethyl adjacent to an activating group) is 1. The van der Waals surface area contributed by atoms with Gasteiger partial charge in [-0.1, -0.05) is 12.1 Å². The first-order valence-electron chi connectivity index (χ1n) is 9.28. The molecular formula is C21H25N2O5+. The monoisotopic (exact) mass is 385 g/mol. The summed E-state index contributed by atoms with van der Waals surface area (Å²) in [6.45, 7) is 3.37. The number of benzene rings is 1. The number of nitrogens with one attached hydrogen (secondary N) is 1. The standard InChI is InChI=1S/C21H24N2O5/c1-4-27-15-8-5-7-14(13-15)19(24)17-18(16-9-6-12-28-16)23(11-10-22(2)3)21(26)20(17)25/h5-9,12-13,18,24H,4,10-11H2,1-3H3/p+1/t18-/m0/s1. The van der Waals surface area contributed by atoms with Gasteiger partial charge in [-0.3, -0.25) is 9.59 Å². The van der Waals surface area contributed by atoms with Gasteiger partial charge in [0.2, 0.25) is 0 Å². The van der Waals surface area contributed by atoms with Crippen LogP contribution in [0.2, 0.25) is 0 Å². The van der Waals surface area contributed by atoms with E-state index in [0.29, 0.717) is 36.8 Å². The number of hydrogen-bond donors (Lipinski definition) is 2. The normalized spacial score (nSPS) is 18.9. The van der Waals surface area contributed by atoms with E-state index in [9.17, 15) is 14.7 Å². The first-order chi connectivity index (χ1) is 13.4. The minimum Gasteiger partial charge on any atom is -0.507 e. The fourth-order valence-corrected chi connectivity index (χ4v) is 3.25. The molecule has 1 amide bonds. The predicted molar refractivity (Wildman–Crippen MR) is 103 cm³/mol. The average molecular weight is 385 g/mol. The van der Waals surface area contributed by atoms with Crippen molar-refractivity contribution in [3.8, 4) is 5.75 Å². The lowest BCUT2D eigenvalue weighted by Crippen LogP contribution is -3.06. The van der Waals surface area contributed by atoms with Crippen LogP contribution < -0.4 is 9.64 Å². The zero-order valence-corrected chi connectivity index (χ0v) is 16.3. The zero-order chi connectivity index (χ0) is 20.3. The number of carbonyl (C=O) groups excluding carboxylic acids is 2. The Kier molecular flexibility index (Phi) is 5.84. The molecule has 0 radical (unpaired) electrons. The van der Waals surface area contributed by atoms with E-state index in [1.807, 2.05) is 21.0 Å². The van der Waals surface area contributed by atoms with Gasteiger partial charge < -0.3 is 24.1 Å². The van der Waals surface area contributed by atoms with Crippen LogP contribution in [0.1, 0.15) is 24.3 Å². The van der Waals surface area contributed by atoms with Crippen molar-refractivity contribution in [2.45, 2.75) is 13.0 Å². The quantitative estimate of drug-likeness (QED) is 0.426. The van der Waals surface area contributed by atoms with Gasteiger partial charge in [-0.25, -0.2) is 0 Å². The Labute approximate surface area is 163 Å². The molecule has 1 aliphatic rings. The van der Waals surface area contributed by atoms with Crippen molar-refractivity contribution < 1.29 is 28.7 Å². The minimum atomic E-state index is -0.759. The van der Waals surface area contributed by atoms with Gasteiger partial charge in [0.25, 0.3) is 11.7 Å². The fourth-order valence-electron chi connectivity index (χ4n) is 3.25. The van der Waals surface area contributed by atoms with Gasteiger partial charge in [0, 0.05) is 5.56 Å². The number of likely N-dealkylation sites (tertiary alicyclic amines) is 1. The summed E-state index contributed by atoms with van der Waals surface area (Å²) < 4.78 is 11.0. The molecule has 3 rings (SSSR count). The van der Waals surface area contributed by atoms with E-state index in [4.69, 9.17) is 9.15 Å². The van der Waals surface area contributed by atoms with E-state index in [2.05, 4.69) is 0 Å². The molecule has 0 unspecified atom stereocenters. The van der Waals surface area contributed by atoms with Crippen molar-refractivity contribution in [2.24, 2.45) is 0 Å². The molecule has 148 valence electrons. The molecule has 0 saturated carbocycles. The molecule has 1 fully saturated rings. The van der Waals surface area contributed by atoms with Crippen LogP contribution in [0.4, 0.5) is 0 Å². The number of rotatable bonds is 7. The molecule has 1 saturated heterocycles. The fraction of sp³-hybridized carbons (Fsp3) is 0.333. The van der Waals surface area contributed by atoms with E-state index >= 15 is 0 Å². The Hall–Kier alpha value is -3.06. The number of aliphatic hydroxyl groups is 1. The third-order valence-electron chi connectivity index (χ3n) is 4.62. The summed E-state index contributed by atoms with van der Waals surface area (Å²) >= 11 is 0. The molecule has 0 spiro atoms. The van der Waals surface area contributed by atoms with Gasteiger partial charge in [0.15, 0.2) is 0 Å². The molecule has 7 nitrogen and oxygen atoms in total. The third-order valence-corrected chi connectivity index (χ3v) is 4.62. The topological polar surface area (TPSA) is 84.4 Å². The van der Waals surface area contributed by atoms with Gasteiger partial charge in [0.1, 0.15) is 23.3 Å². The number of carbonyl (C=O) groups is 2. The van der Waals surface area contributed by atoms with Crippen molar-refractivity contribution in [3.05, 3.63) is 59.6 Å². The van der Waals surface area contributed by atoms with Crippen LogP contribution in [0.5, 0.6) is 5.75 Å². The Bertz CT molecular complexity index is 886. The molecular weight excluding hydrogens is 360 g/mol. The van der Waals surface area contributed by atoms with E-state index in [-0.39, 0.29) is 11.3 Å². The van der Waals surface area contributed by atoms with Crippen LogP contribution in [0.15, 0.2) is 52.7 Å². The predicted octanol–water partition coefficient (Wildman–Crippen LogP) is 1.24. The summed E-state index contributed by atoms with van der Waals surface area (Å²) in [5.41, 5.74) is 0.445. The van der Waals surface area contributed by atoms with Crippen LogP contribution in [0, 0.1) is 0 Å². The number of ether oxygens (including phenoxy) is 1. The van der Waals surface area contributed by atoms with Gasteiger partial charge in [0.05, 0.1) is 45.6 Å². The summed E-state index contributed by atoms with van der Waals surface area (Å²) in [4.78, 5) is 28.1. The minimum absolute atomic E-state index is 0.0300. The number of nitrogens with zero attached hydrogens (tertiary/aromatic N) is 1. The van der Waals surface area contributed by atoms with E-state index in [0.717, 1.165) is 4.90 Å². The highest BCUT2D eigenvalue weighted by Gasteiger charge is 2.47. The molecule has 2 N–H and O–H groups in total. The second-order valence-corrected chi connectivity index (χ2v) is 6.93. The molecule has 28 heavy (non-hydrogen) atoms. The maximum absolute atomic E-state index is 12.8. The van der Waals surface area contributed by atoms with Crippen LogP contribution in [0.3, 0.4) is 0 Å². The highest BCUT2D eigenvalue weighted by Crippen LogP contribution is 2.39. The lowest BCUT2D eigenvalue weighted by atomic mass is 9.99. The Morgan fingerprint density at radius 2 is 2.04 bits per heavy atom. The van der Waals surface area contributed by atoms with Gasteiger partial charge in [-0.05, 0) is 31.2 Å². The second-order valence-electron chi connectivity index (χ2n) is 6.93. The average Bonchev–Trinajstić information content (AvgIpc) is 3.28. The number of amides is 1. The van der Waals surface area contributed by atoms with E-state index < -0.39 is 17.7 Å². The molecule has 0 bridgehead atoms. The largest absolute Gasteiger partial charge is 0.507 e. The zero-order valence-electron chi connectivity index (χ0n) is 16.3. The molecule has 2 aromatic rings. The first kappa shape index (κ1) is 19.7. The molecule has 1 aromatic heterocycles. The number of ketones is 1. The molecule has 7 heteroatoms.